The molecule has 0 aromatic carbocycles. The number of pyridine rings is 1. The van der Waals surface area contributed by atoms with E-state index >= 15 is 0 Å². The lowest BCUT2D eigenvalue weighted by Crippen LogP contribution is -2.11. The van der Waals surface area contributed by atoms with Crippen LogP contribution < -0.4 is 5.32 Å². The molecule has 0 radical (unpaired) electrons. The van der Waals surface area contributed by atoms with Crippen molar-refractivity contribution < 1.29 is 0 Å². The first-order chi connectivity index (χ1) is 8.29. The zero-order valence-electron chi connectivity index (χ0n) is 10.3. The number of hydrogen-bond donors (Lipinski definition) is 1. The molecule has 0 aliphatic carbocycles. The molecule has 0 saturated heterocycles. The number of aryl methyl sites for hydroxylation is 2. The molecule has 2 rings (SSSR count). The van der Waals surface area contributed by atoms with Gasteiger partial charge in [-0.1, -0.05) is 6.07 Å². The fourth-order valence-corrected chi connectivity index (χ4v) is 1.68. The van der Waals surface area contributed by atoms with Gasteiger partial charge in [0.25, 0.3) is 0 Å². The van der Waals surface area contributed by atoms with E-state index in [1.54, 1.807) is 6.20 Å². The molecule has 4 heteroatoms. The standard InChI is InChI=1S/C13H18N4/c1-11(14-2)13-9-16-17(10-13)7-5-12-4-3-6-15-8-12/h3-4,6,8-11,14H,5,7H2,1-2H3. The van der Waals surface area contributed by atoms with Gasteiger partial charge in [0.2, 0.25) is 0 Å². The monoisotopic (exact) mass is 230 g/mol. The highest BCUT2D eigenvalue weighted by atomic mass is 15.3. The maximum Gasteiger partial charge on any atom is 0.0537 e. The van der Waals surface area contributed by atoms with Crippen molar-refractivity contribution in [2.45, 2.75) is 25.9 Å². The van der Waals surface area contributed by atoms with Gasteiger partial charge in [-0.2, -0.15) is 5.10 Å². The number of rotatable bonds is 5. The molecular weight excluding hydrogens is 212 g/mol. The first-order valence-electron chi connectivity index (χ1n) is 5.88. The Labute approximate surface area is 102 Å². The summed E-state index contributed by atoms with van der Waals surface area (Å²) >= 11 is 0. The first kappa shape index (κ1) is 11.8. The van der Waals surface area contributed by atoms with Crippen molar-refractivity contribution in [2.75, 3.05) is 7.05 Å². The second-order valence-electron chi connectivity index (χ2n) is 4.16. The van der Waals surface area contributed by atoms with Crippen LogP contribution in [0.15, 0.2) is 36.9 Å². The predicted molar refractivity (Wildman–Crippen MR) is 67.6 cm³/mol. The molecule has 0 spiro atoms. The minimum Gasteiger partial charge on any atom is -0.313 e. The Morgan fingerprint density at radius 3 is 3.00 bits per heavy atom. The molecule has 90 valence electrons. The molecule has 17 heavy (non-hydrogen) atoms. The molecule has 4 nitrogen and oxygen atoms in total. The van der Waals surface area contributed by atoms with Crippen LogP contribution in [0.4, 0.5) is 0 Å². The number of hydrogen-bond acceptors (Lipinski definition) is 3. The van der Waals surface area contributed by atoms with Gasteiger partial charge in [-0.05, 0) is 32.0 Å². The van der Waals surface area contributed by atoms with Crippen molar-refractivity contribution in [3.63, 3.8) is 0 Å². The van der Waals surface area contributed by atoms with Gasteiger partial charge >= 0.3 is 0 Å². The summed E-state index contributed by atoms with van der Waals surface area (Å²) in [5.74, 6) is 0. The van der Waals surface area contributed by atoms with Crippen molar-refractivity contribution in [1.29, 1.82) is 0 Å². The summed E-state index contributed by atoms with van der Waals surface area (Å²) in [6, 6.07) is 4.41. The average molecular weight is 230 g/mol. The number of nitrogens with zero attached hydrogens (tertiary/aromatic N) is 3. The van der Waals surface area contributed by atoms with Gasteiger partial charge in [-0.25, -0.2) is 0 Å². The highest BCUT2D eigenvalue weighted by molar-refractivity contribution is 5.10. The van der Waals surface area contributed by atoms with Gasteiger partial charge in [0, 0.05) is 36.7 Å². The molecule has 1 unspecified atom stereocenters. The summed E-state index contributed by atoms with van der Waals surface area (Å²) in [6.07, 6.45) is 8.68. The smallest absolute Gasteiger partial charge is 0.0537 e. The third-order valence-corrected chi connectivity index (χ3v) is 2.94. The summed E-state index contributed by atoms with van der Waals surface area (Å²) in [5.41, 5.74) is 2.46. The lowest BCUT2D eigenvalue weighted by Gasteiger charge is -2.05. The second kappa shape index (κ2) is 5.59. The molecule has 1 N–H and O–H groups in total. The summed E-state index contributed by atoms with van der Waals surface area (Å²) < 4.78 is 1.98. The van der Waals surface area contributed by atoms with Gasteiger partial charge < -0.3 is 5.32 Å². The Morgan fingerprint density at radius 1 is 1.41 bits per heavy atom. The van der Waals surface area contributed by atoms with Gasteiger partial charge in [0.05, 0.1) is 6.20 Å². The van der Waals surface area contributed by atoms with E-state index < -0.39 is 0 Å². The largest absolute Gasteiger partial charge is 0.313 e. The van der Waals surface area contributed by atoms with Crippen LogP contribution in [0.3, 0.4) is 0 Å². The maximum atomic E-state index is 4.36. The highest BCUT2D eigenvalue weighted by Crippen LogP contribution is 2.10. The lowest BCUT2D eigenvalue weighted by molar-refractivity contribution is 0.609. The van der Waals surface area contributed by atoms with E-state index in [0.717, 1.165) is 13.0 Å². The van der Waals surface area contributed by atoms with Crippen molar-refractivity contribution in [3.05, 3.63) is 48.0 Å². The van der Waals surface area contributed by atoms with E-state index in [4.69, 9.17) is 0 Å². The topological polar surface area (TPSA) is 42.7 Å². The Balaban J connectivity index is 1.94. The van der Waals surface area contributed by atoms with E-state index in [-0.39, 0.29) is 0 Å². The highest BCUT2D eigenvalue weighted by Gasteiger charge is 2.05. The van der Waals surface area contributed by atoms with E-state index in [1.807, 2.05) is 30.2 Å². The molecule has 0 saturated carbocycles. The molecule has 0 aliphatic heterocycles. The van der Waals surface area contributed by atoms with Crippen LogP contribution in [0.25, 0.3) is 0 Å². The zero-order valence-corrected chi connectivity index (χ0v) is 10.3. The second-order valence-corrected chi connectivity index (χ2v) is 4.16. The van der Waals surface area contributed by atoms with Crippen LogP contribution in [-0.4, -0.2) is 21.8 Å². The Bertz CT molecular complexity index is 449. The molecular formula is C13H18N4. The molecule has 0 aliphatic rings. The van der Waals surface area contributed by atoms with E-state index in [9.17, 15) is 0 Å². The van der Waals surface area contributed by atoms with Crippen molar-refractivity contribution in [2.24, 2.45) is 0 Å². The summed E-state index contributed by atoms with van der Waals surface area (Å²) in [4.78, 5) is 4.10. The van der Waals surface area contributed by atoms with Crippen LogP contribution in [-0.2, 0) is 13.0 Å². The van der Waals surface area contributed by atoms with Gasteiger partial charge in [-0.15, -0.1) is 0 Å². The zero-order chi connectivity index (χ0) is 12.1. The van der Waals surface area contributed by atoms with Crippen LogP contribution in [0.5, 0.6) is 0 Å². The normalized spacial score (nSPS) is 12.6. The Morgan fingerprint density at radius 2 is 2.29 bits per heavy atom. The van der Waals surface area contributed by atoms with Gasteiger partial charge in [0.15, 0.2) is 0 Å². The third-order valence-electron chi connectivity index (χ3n) is 2.94. The van der Waals surface area contributed by atoms with Crippen LogP contribution in [0.2, 0.25) is 0 Å². The molecule has 0 amide bonds. The SMILES string of the molecule is CNC(C)c1cnn(CCc2cccnc2)c1. The summed E-state index contributed by atoms with van der Waals surface area (Å²) in [6.45, 7) is 3.02. The summed E-state index contributed by atoms with van der Waals surface area (Å²) in [5, 5.41) is 7.56. The third kappa shape index (κ3) is 3.14. The molecule has 2 aromatic rings. The molecule has 2 aromatic heterocycles. The number of nitrogens with one attached hydrogen (secondary N) is 1. The van der Waals surface area contributed by atoms with E-state index in [2.05, 4.69) is 34.6 Å². The number of aromatic nitrogens is 3. The molecule has 2 heterocycles. The van der Waals surface area contributed by atoms with E-state index in [0.29, 0.717) is 6.04 Å². The van der Waals surface area contributed by atoms with Crippen molar-refractivity contribution >= 4 is 0 Å². The first-order valence-corrected chi connectivity index (χ1v) is 5.88. The average Bonchev–Trinajstić information content (AvgIpc) is 2.85. The quantitative estimate of drug-likeness (QED) is 0.851. The lowest BCUT2D eigenvalue weighted by atomic mass is 10.2. The fourth-order valence-electron chi connectivity index (χ4n) is 1.68. The predicted octanol–water partition coefficient (Wildman–Crippen LogP) is 1.80. The van der Waals surface area contributed by atoms with Crippen molar-refractivity contribution in [1.82, 2.24) is 20.1 Å². The maximum absolute atomic E-state index is 4.36. The minimum atomic E-state index is 0.349. The fraction of sp³-hybridized carbons (Fsp3) is 0.385. The van der Waals surface area contributed by atoms with Crippen LogP contribution in [0, 0.1) is 0 Å². The van der Waals surface area contributed by atoms with Crippen LogP contribution >= 0.6 is 0 Å². The Hall–Kier alpha value is -1.68. The molecule has 0 fully saturated rings. The molecule has 1 atom stereocenters. The van der Waals surface area contributed by atoms with Crippen LogP contribution in [0.1, 0.15) is 24.1 Å². The Kier molecular flexibility index (Phi) is 3.88. The van der Waals surface area contributed by atoms with Gasteiger partial charge in [-0.3, -0.25) is 9.67 Å². The molecule has 0 bridgehead atoms. The summed E-state index contributed by atoms with van der Waals surface area (Å²) in [7, 11) is 1.96. The minimum absolute atomic E-state index is 0.349. The van der Waals surface area contributed by atoms with Gasteiger partial charge in [0.1, 0.15) is 0 Å². The van der Waals surface area contributed by atoms with E-state index in [1.165, 1.54) is 11.1 Å². The van der Waals surface area contributed by atoms with Crippen molar-refractivity contribution in [3.8, 4) is 0 Å².